The number of hydrogen-bond acceptors (Lipinski definition) is 3. The van der Waals surface area contributed by atoms with Crippen molar-refractivity contribution in [2.75, 3.05) is 6.54 Å². The fourth-order valence-electron chi connectivity index (χ4n) is 2.41. The second-order valence-electron chi connectivity index (χ2n) is 4.20. The van der Waals surface area contributed by atoms with E-state index < -0.39 is 6.09 Å². The van der Waals surface area contributed by atoms with Crippen LogP contribution in [-0.4, -0.2) is 27.6 Å². The van der Waals surface area contributed by atoms with Crippen molar-refractivity contribution in [2.45, 2.75) is 12.5 Å². The number of carbonyl (C=O) groups is 1. The van der Waals surface area contributed by atoms with Crippen LogP contribution in [0.15, 0.2) is 35.8 Å². The van der Waals surface area contributed by atoms with Crippen LogP contribution < -0.4 is 0 Å². The molecule has 0 radical (unpaired) electrons. The average molecular weight is 260 g/mol. The number of fused-ring (bicyclic) bond motifs is 1. The molecular weight excluding hydrogens is 248 g/mol. The van der Waals surface area contributed by atoms with E-state index in [1.54, 1.807) is 6.20 Å². The van der Waals surface area contributed by atoms with Crippen LogP contribution in [0.2, 0.25) is 0 Å². The van der Waals surface area contributed by atoms with Crippen molar-refractivity contribution in [1.29, 1.82) is 0 Å². The number of nitrogens with zero attached hydrogens (tertiary/aromatic N) is 2. The van der Waals surface area contributed by atoms with Gasteiger partial charge in [-0.3, -0.25) is 4.90 Å². The largest absolute Gasteiger partial charge is 0.465 e. The summed E-state index contributed by atoms with van der Waals surface area (Å²) in [5, 5.41) is 12.1. The number of hydrogen-bond donors (Lipinski definition) is 1. The quantitative estimate of drug-likeness (QED) is 0.857. The molecule has 0 fully saturated rings. The minimum atomic E-state index is -0.885. The Morgan fingerprint density at radius 2 is 2.28 bits per heavy atom. The van der Waals surface area contributed by atoms with Crippen LogP contribution in [0.4, 0.5) is 4.79 Å². The smallest absolute Gasteiger partial charge is 0.408 e. The predicted octanol–water partition coefficient (Wildman–Crippen LogP) is 2.77. The van der Waals surface area contributed by atoms with Gasteiger partial charge in [-0.25, -0.2) is 9.78 Å². The van der Waals surface area contributed by atoms with E-state index in [0.29, 0.717) is 6.54 Å². The first-order valence-corrected chi connectivity index (χ1v) is 6.62. The first kappa shape index (κ1) is 11.2. The van der Waals surface area contributed by atoms with Gasteiger partial charge in [-0.15, -0.1) is 11.3 Å². The van der Waals surface area contributed by atoms with Crippen molar-refractivity contribution in [3.8, 4) is 0 Å². The van der Waals surface area contributed by atoms with Crippen molar-refractivity contribution in [2.24, 2.45) is 0 Å². The van der Waals surface area contributed by atoms with Crippen LogP contribution in [0.25, 0.3) is 0 Å². The fraction of sp³-hybridized carbons (Fsp3) is 0.231. The van der Waals surface area contributed by atoms with Crippen LogP contribution >= 0.6 is 11.3 Å². The summed E-state index contributed by atoms with van der Waals surface area (Å²) >= 11 is 1.50. The van der Waals surface area contributed by atoms with Crippen LogP contribution in [0.5, 0.6) is 0 Å². The van der Waals surface area contributed by atoms with Gasteiger partial charge in [0.25, 0.3) is 0 Å². The molecule has 1 N–H and O–H groups in total. The van der Waals surface area contributed by atoms with Crippen molar-refractivity contribution in [3.05, 3.63) is 52.0 Å². The molecule has 92 valence electrons. The highest BCUT2D eigenvalue weighted by molar-refractivity contribution is 7.09. The Morgan fingerprint density at radius 3 is 3.00 bits per heavy atom. The summed E-state index contributed by atoms with van der Waals surface area (Å²) in [6, 6.07) is 7.75. The molecule has 1 atom stereocenters. The van der Waals surface area contributed by atoms with Crippen LogP contribution in [0.3, 0.4) is 0 Å². The van der Waals surface area contributed by atoms with E-state index >= 15 is 0 Å². The molecular formula is C13H12N2O2S. The van der Waals surface area contributed by atoms with Crippen molar-refractivity contribution in [1.82, 2.24) is 9.88 Å². The normalized spacial score (nSPS) is 18.4. The van der Waals surface area contributed by atoms with E-state index in [1.165, 1.54) is 21.8 Å². The molecule has 0 saturated heterocycles. The van der Waals surface area contributed by atoms with Gasteiger partial charge >= 0.3 is 6.09 Å². The molecule has 1 aromatic heterocycles. The van der Waals surface area contributed by atoms with Crippen molar-refractivity contribution in [3.63, 3.8) is 0 Å². The van der Waals surface area contributed by atoms with Crippen LogP contribution in [0.1, 0.15) is 22.2 Å². The maximum Gasteiger partial charge on any atom is 0.408 e. The molecule has 0 spiro atoms. The molecule has 0 saturated carbocycles. The van der Waals surface area contributed by atoms with E-state index in [-0.39, 0.29) is 6.04 Å². The first-order valence-electron chi connectivity index (χ1n) is 5.74. The highest BCUT2D eigenvalue weighted by Gasteiger charge is 2.33. The van der Waals surface area contributed by atoms with E-state index in [9.17, 15) is 9.90 Å². The molecule has 1 aliphatic rings. The number of amides is 1. The third-order valence-electron chi connectivity index (χ3n) is 3.21. The lowest BCUT2D eigenvalue weighted by molar-refractivity contribution is 0.129. The zero-order valence-corrected chi connectivity index (χ0v) is 10.4. The molecule has 1 amide bonds. The molecule has 3 rings (SSSR count). The summed E-state index contributed by atoms with van der Waals surface area (Å²) in [5.74, 6) is 0. The molecule has 1 unspecified atom stereocenters. The second-order valence-corrected chi connectivity index (χ2v) is 5.12. The van der Waals surface area contributed by atoms with E-state index in [4.69, 9.17) is 0 Å². The lowest BCUT2D eigenvalue weighted by Crippen LogP contribution is -2.39. The number of carboxylic acid groups (broad SMARTS) is 1. The number of benzene rings is 1. The minimum absolute atomic E-state index is 0.257. The van der Waals surface area contributed by atoms with Gasteiger partial charge in [-0.05, 0) is 17.5 Å². The average Bonchev–Trinajstić information content (AvgIpc) is 2.90. The summed E-state index contributed by atoms with van der Waals surface area (Å²) in [5.41, 5.74) is 2.27. The molecule has 4 nitrogen and oxygen atoms in total. The summed E-state index contributed by atoms with van der Waals surface area (Å²) in [7, 11) is 0. The fourth-order valence-corrected chi connectivity index (χ4v) is 3.17. The Morgan fingerprint density at radius 1 is 1.44 bits per heavy atom. The number of rotatable bonds is 1. The summed E-state index contributed by atoms with van der Waals surface area (Å²) in [4.78, 5) is 17.1. The Kier molecular flexibility index (Phi) is 2.76. The second kappa shape index (κ2) is 4.42. The van der Waals surface area contributed by atoms with Gasteiger partial charge in [0.15, 0.2) is 0 Å². The molecule has 1 aromatic carbocycles. The summed E-state index contributed by atoms with van der Waals surface area (Å²) in [6.45, 7) is 0.524. The SMILES string of the molecule is O=C(O)N1CCc2ccccc2C1c1nccs1. The lowest BCUT2D eigenvalue weighted by atomic mass is 9.93. The zero-order valence-electron chi connectivity index (χ0n) is 9.61. The Balaban J connectivity index is 2.12. The molecule has 1 aliphatic heterocycles. The van der Waals surface area contributed by atoms with E-state index in [1.807, 2.05) is 23.6 Å². The molecule has 0 aliphatic carbocycles. The highest BCUT2D eigenvalue weighted by Crippen LogP contribution is 2.35. The Labute approximate surface area is 109 Å². The first-order chi connectivity index (χ1) is 8.77. The highest BCUT2D eigenvalue weighted by atomic mass is 32.1. The van der Waals surface area contributed by atoms with Crippen molar-refractivity contribution < 1.29 is 9.90 Å². The summed E-state index contributed by atoms with van der Waals surface area (Å²) in [6.07, 6.45) is 1.60. The van der Waals surface area contributed by atoms with Gasteiger partial charge in [-0.2, -0.15) is 0 Å². The Hall–Kier alpha value is -1.88. The number of thiazole rings is 1. The summed E-state index contributed by atoms with van der Waals surface area (Å²) < 4.78 is 0. The molecule has 2 heterocycles. The molecule has 18 heavy (non-hydrogen) atoms. The topological polar surface area (TPSA) is 53.4 Å². The van der Waals surface area contributed by atoms with Crippen molar-refractivity contribution >= 4 is 17.4 Å². The Bertz CT molecular complexity index is 568. The maximum atomic E-state index is 11.4. The maximum absolute atomic E-state index is 11.4. The monoisotopic (exact) mass is 260 g/mol. The minimum Gasteiger partial charge on any atom is -0.465 e. The standard InChI is InChI=1S/C13H12N2O2S/c16-13(17)15-7-5-9-3-1-2-4-10(9)11(15)12-14-6-8-18-12/h1-4,6,8,11H,5,7H2,(H,16,17). The molecule has 0 bridgehead atoms. The van der Waals surface area contributed by atoms with Gasteiger partial charge in [0.05, 0.1) is 0 Å². The third-order valence-corrected chi connectivity index (χ3v) is 4.04. The van der Waals surface area contributed by atoms with Crippen LogP contribution in [-0.2, 0) is 6.42 Å². The molecule has 2 aromatic rings. The van der Waals surface area contributed by atoms with Gasteiger partial charge in [-0.1, -0.05) is 24.3 Å². The lowest BCUT2D eigenvalue weighted by Gasteiger charge is -2.34. The predicted molar refractivity (Wildman–Crippen MR) is 68.8 cm³/mol. The van der Waals surface area contributed by atoms with Gasteiger partial charge < -0.3 is 5.11 Å². The third kappa shape index (κ3) is 1.76. The van der Waals surface area contributed by atoms with Crippen LogP contribution in [0, 0.1) is 0 Å². The number of aromatic nitrogens is 1. The van der Waals surface area contributed by atoms with Gasteiger partial charge in [0, 0.05) is 18.1 Å². The zero-order chi connectivity index (χ0) is 12.5. The van der Waals surface area contributed by atoms with E-state index in [0.717, 1.165) is 17.0 Å². The van der Waals surface area contributed by atoms with Gasteiger partial charge in [0.2, 0.25) is 0 Å². The molecule has 5 heteroatoms. The van der Waals surface area contributed by atoms with E-state index in [2.05, 4.69) is 11.1 Å². The van der Waals surface area contributed by atoms with Gasteiger partial charge in [0.1, 0.15) is 11.0 Å².